The molecule has 4 aromatic rings. The van der Waals surface area contributed by atoms with Gasteiger partial charge in [-0.2, -0.15) is 0 Å². The van der Waals surface area contributed by atoms with Crippen molar-refractivity contribution in [2.24, 2.45) is 0 Å². The van der Waals surface area contributed by atoms with Crippen molar-refractivity contribution in [1.82, 2.24) is 15.3 Å². The largest absolute Gasteiger partial charge is 0.492 e. The molecule has 4 rings (SSSR count). The zero-order valence-corrected chi connectivity index (χ0v) is 16.3. The van der Waals surface area contributed by atoms with Crippen LogP contribution < -0.4 is 10.1 Å². The second-order valence-corrected chi connectivity index (χ2v) is 7.71. The molecule has 0 unspecified atom stereocenters. The van der Waals surface area contributed by atoms with E-state index in [1.165, 1.54) is 16.8 Å². The summed E-state index contributed by atoms with van der Waals surface area (Å²) in [7, 11) is 0. The van der Waals surface area contributed by atoms with Crippen molar-refractivity contribution in [3.8, 4) is 16.9 Å². The summed E-state index contributed by atoms with van der Waals surface area (Å²) in [6.07, 6.45) is 3.56. The molecule has 0 saturated carbocycles. The molecule has 0 spiro atoms. The van der Waals surface area contributed by atoms with Crippen LogP contribution in [-0.4, -0.2) is 23.1 Å². The standard InChI is InChI=1S/C22H20FN3OS/c1-15-26-21-11-20(5-6-22(21)28-15)27-8-7-24-12-16-9-18(14-25-13-16)17-3-2-4-19(23)10-17/h2-6,9-11,13-14,24H,7-8,12H2,1H3. The smallest absolute Gasteiger partial charge is 0.123 e. The van der Waals surface area contributed by atoms with Gasteiger partial charge in [0.15, 0.2) is 0 Å². The predicted octanol–water partition coefficient (Wildman–Crippen LogP) is 4.97. The molecule has 0 aliphatic carbocycles. The fraction of sp³-hybridized carbons (Fsp3) is 0.182. The quantitative estimate of drug-likeness (QED) is 0.450. The zero-order chi connectivity index (χ0) is 19.3. The second-order valence-electron chi connectivity index (χ2n) is 6.48. The number of aromatic nitrogens is 2. The Labute approximate surface area is 167 Å². The summed E-state index contributed by atoms with van der Waals surface area (Å²) in [5, 5.41) is 4.41. The minimum atomic E-state index is -0.246. The average molecular weight is 393 g/mol. The van der Waals surface area contributed by atoms with Crippen molar-refractivity contribution >= 4 is 21.6 Å². The maximum Gasteiger partial charge on any atom is 0.123 e. The van der Waals surface area contributed by atoms with E-state index in [0.717, 1.165) is 33.0 Å². The third-order valence-electron chi connectivity index (χ3n) is 4.30. The Bertz CT molecular complexity index is 1100. The Morgan fingerprint density at radius 3 is 2.89 bits per heavy atom. The van der Waals surface area contributed by atoms with E-state index in [4.69, 9.17) is 4.74 Å². The minimum absolute atomic E-state index is 0.246. The predicted molar refractivity (Wildman–Crippen MR) is 111 cm³/mol. The Morgan fingerprint density at radius 1 is 1.07 bits per heavy atom. The molecule has 0 amide bonds. The first-order chi connectivity index (χ1) is 13.7. The number of halogens is 1. The molecular weight excluding hydrogens is 373 g/mol. The lowest BCUT2D eigenvalue weighted by molar-refractivity contribution is 0.314. The van der Waals surface area contributed by atoms with Crippen molar-refractivity contribution in [3.05, 3.63) is 77.3 Å². The Morgan fingerprint density at radius 2 is 2.00 bits per heavy atom. The fourth-order valence-corrected chi connectivity index (χ4v) is 3.80. The van der Waals surface area contributed by atoms with Crippen LogP contribution in [0.2, 0.25) is 0 Å². The van der Waals surface area contributed by atoms with Gasteiger partial charge in [0.25, 0.3) is 0 Å². The molecule has 2 aromatic heterocycles. The highest BCUT2D eigenvalue weighted by Gasteiger charge is 2.04. The van der Waals surface area contributed by atoms with Crippen molar-refractivity contribution in [2.75, 3.05) is 13.2 Å². The van der Waals surface area contributed by atoms with E-state index in [9.17, 15) is 4.39 Å². The van der Waals surface area contributed by atoms with E-state index in [1.54, 1.807) is 23.6 Å². The highest BCUT2D eigenvalue weighted by molar-refractivity contribution is 7.18. The molecule has 2 aromatic carbocycles. The third kappa shape index (κ3) is 4.52. The van der Waals surface area contributed by atoms with Crippen LogP contribution in [0.25, 0.3) is 21.3 Å². The lowest BCUT2D eigenvalue weighted by Crippen LogP contribution is -2.20. The number of ether oxygens (including phenoxy) is 1. The van der Waals surface area contributed by atoms with Crippen molar-refractivity contribution < 1.29 is 9.13 Å². The van der Waals surface area contributed by atoms with Crippen LogP contribution in [0.5, 0.6) is 5.75 Å². The van der Waals surface area contributed by atoms with Gasteiger partial charge < -0.3 is 10.1 Å². The van der Waals surface area contributed by atoms with Crippen molar-refractivity contribution in [3.63, 3.8) is 0 Å². The highest BCUT2D eigenvalue weighted by atomic mass is 32.1. The molecule has 6 heteroatoms. The molecule has 0 fully saturated rings. The zero-order valence-electron chi connectivity index (χ0n) is 15.5. The molecule has 0 atom stereocenters. The molecule has 142 valence electrons. The Kier molecular flexibility index (Phi) is 5.60. The van der Waals surface area contributed by atoms with Gasteiger partial charge in [0, 0.05) is 37.1 Å². The van der Waals surface area contributed by atoms with Gasteiger partial charge in [-0.3, -0.25) is 4.98 Å². The first kappa shape index (κ1) is 18.5. The van der Waals surface area contributed by atoms with E-state index in [-0.39, 0.29) is 5.82 Å². The second kappa shape index (κ2) is 8.46. The van der Waals surface area contributed by atoms with E-state index in [1.807, 2.05) is 43.5 Å². The lowest BCUT2D eigenvalue weighted by atomic mass is 10.1. The number of pyridine rings is 1. The number of fused-ring (bicyclic) bond motifs is 1. The van der Waals surface area contributed by atoms with Crippen molar-refractivity contribution in [1.29, 1.82) is 0 Å². The summed E-state index contributed by atoms with van der Waals surface area (Å²) in [6, 6.07) is 14.6. The molecule has 4 nitrogen and oxygen atoms in total. The number of aryl methyl sites for hydroxylation is 1. The van der Waals surface area contributed by atoms with Crippen LogP contribution in [0.15, 0.2) is 60.9 Å². The average Bonchev–Trinajstić information content (AvgIpc) is 3.07. The summed E-state index contributed by atoms with van der Waals surface area (Å²) in [4.78, 5) is 8.76. The van der Waals surface area contributed by atoms with Crippen LogP contribution in [0.4, 0.5) is 4.39 Å². The number of hydrogen-bond donors (Lipinski definition) is 1. The number of rotatable bonds is 7. The summed E-state index contributed by atoms with van der Waals surface area (Å²) in [5.74, 6) is 0.582. The first-order valence-electron chi connectivity index (χ1n) is 9.08. The number of nitrogens with one attached hydrogen (secondary N) is 1. The monoisotopic (exact) mass is 393 g/mol. The third-order valence-corrected chi connectivity index (χ3v) is 5.25. The van der Waals surface area contributed by atoms with E-state index < -0.39 is 0 Å². The van der Waals surface area contributed by atoms with E-state index in [2.05, 4.69) is 15.3 Å². The number of nitrogens with zero attached hydrogens (tertiary/aromatic N) is 2. The van der Waals surface area contributed by atoms with Gasteiger partial charge >= 0.3 is 0 Å². The lowest BCUT2D eigenvalue weighted by Gasteiger charge is -2.09. The molecule has 0 radical (unpaired) electrons. The first-order valence-corrected chi connectivity index (χ1v) is 9.89. The van der Waals surface area contributed by atoms with E-state index >= 15 is 0 Å². The molecule has 0 aliphatic rings. The van der Waals surface area contributed by atoms with Gasteiger partial charge in [-0.25, -0.2) is 9.37 Å². The highest BCUT2D eigenvalue weighted by Crippen LogP contribution is 2.25. The summed E-state index contributed by atoms with van der Waals surface area (Å²) >= 11 is 1.68. The molecule has 0 bridgehead atoms. The summed E-state index contributed by atoms with van der Waals surface area (Å²) in [6.45, 7) is 3.95. The molecule has 2 heterocycles. The summed E-state index contributed by atoms with van der Waals surface area (Å²) < 4.78 is 20.4. The molecule has 28 heavy (non-hydrogen) atoms. The SMILES string of the molecule is Cc1nc2cc(OCCNCc3cncc(-c4cccc(F)c4)c3)ccc2s1. The molecule has 1 N–H and O–H groups in total. The molecule has 0 saturated heterocycles. The van der Waals surface area contributed by atoms with Gasteiger partial charge in [-0.15, -0.1) is 11.3 Å². The van der Waals surface area contributed by atoms with Gasteiger partial charge in [-0.1, -0.05) is 12.1 Å². The van der Waals surface area contributed by atoms with E-state index in [0.29, 0.717) is 19.7 Å². The van der Waals surface area contributed by atoms with Crippen LogP contribution in [0.1, 0.15) is 10.6 Å². The Hall–Kier alpha value is -2.83. The summed E-state index contributed by atoms with van der Waals surface area (Å²) in [5.41, 5.74) is 3.75. The normalized spacial score (nSPS) is 11.1. The number of benzene rings is 2. The van der Waals surface area contributed by atoms with Gasteiger partial charge in [0.1, 0.15) is 18.2 Å². The van der Waals surface area contributed by atoms with Crippen LogP contribution in [0, 0.1) is 12.7 Å². The fourth-order valence-electron chi connectivity index (χ4n) is 3.00. The molecular formula is C22H20FN3OS. The number of hydrogen-bond acceptors (Lipinski definition) is 5. The number of thiazole rings is 1. The van der Waals surface area contributed by atoms with Gasteiger partial charge in [-0.05, 0) is 48.4 Å². The van der Waals surface area contributed by atoms with Crippen LogP contribution in [-0.2, 0) is 6.54 Å². The van der Waals surface area contributed by atoms with Gasteiger partial charge in [0.05, 0.1) is 15.2 Å². The Balaban J connectivity index is 1.28. The van der Waals surface area contributed by atoms with Crippen LogP contribution in [0.3, 0.4) is 0 Å². The minimum Gasteiger partial charge on any atom is -0.492 e. The van der Waals surface area contributed by atoms with Crippen molar-refractivity contribution in [2.45, 2.75) is 13.5 Å². The molecule has 0 aliphatic heterocycles. The topological polar surface area (TPSA) is 47.0 Å². The van der Waals surface area contributed by atoms with Gasteiger partial charge in [0.2, 0.25) is 0 Å². The maximum absolute atomic E-state index is 13.4. The van der Waals surface area contributed by atoms with Crippen LogP contribution >= 0.6 is 11.3 Å². The maximum atomic E-state index is 13.4.